The zero-order chi connectivity index (χ0) is 19.8. The van der Waals surface area contributed by atoms with Gasteiger partial charge < -0.3 is 14.2 Å². The number of benzene rings is 2. The Morgan fingerprint density at radius 2 is 1.67 bits per heavy atom. The number of hydrogen-bond acceptors (Lipinski definition) is 5. The molecule has 146 valence electrons. The third kappa shape index (κ3) is 5.71. The van der Waals surface area contributed by atoms with E-state index >= 15 is 0 Å². The maximum atomic E-state index is 12.6. The van der Waals surface area contributed by atoms with Crippen LogP contribution in [0.1, 0.15) is 57.9 Å². The van der Waals surface area contributed by atoms with Gasteiger partial charge in [0.1, 0.15) is 5.75 Å². The molecule has 5 nitrogen and oxygen atoms in total. The van der Waals surface area contributed by atoms with Gasteiger partial charge in [-0.2, -0.15) is 0 Å². The van der Waals surface area contributed by atoms with E-state index in [4.69, 9.17) is 14.2 Å². The Morgan fingerprint density at radius 1 is 0.963 bits per heavy atom. The standard InChI is InChI=1S/C22H28O5/c1-5-7-20(23)26-21(8-6-2)27-22(24)15(3)16-9-10-18-14-19(25-4)12-11-17(18)13-16/h9-15,21H,5-8H2,1-4H3. The van der Waals surface area contributed by atoms with Crippen molar-refractivity contribution in [3.8, 4) is 5.75 Å². The minimum atomic E-state index is -0.825. The molecule has 0 N–H and O–H groups in total. The van der Waals surface area contributed by atoms with Crippen LogP contribution >= 0.6 is 0 Å². The Labute approximate surface area is 160 Å². The van der Waals surface area contributed by atoms with Gasteiger partial charge in [0.25, 0.3) is 0 Å². The van der Waals surface area contributed by atoms with E-state index in [1.165, 1.54) is 0 Å². The van der Waals surface area contributed by atoms with Crippen LogP contribution in [0.15, 0.2) is 36.4 Å². The Balaban J connectivity index is 2.10. The second kappa shape index (κ2) is 9.95. The quantitative estimate of drug-likeness (QED) is 0.460. The topological polar surface area (TPSA) is 61.8 Å². The molecule has 2 aromatic rings. The molecule has 0 radical (unpaired) electrons. The first-order valence-corrected chi connectivity index (χ1v) is 9.46. The van der Waals surface area contributed by atoms with Gasteiger partial charge in [-0.25, -0.2) is 0 Å². The lowest BCUT2D eigenvalue weighted by atomic mass is 9.98. The summed E-state index contributed by atoms with van der Waals surface area (Å²) in [6.07, 6.45) is 1.44. The third-order valence-electron chi connectivity index (χ3n) is 4.41. The number of rotatable bonds is 9. The van der Waals surface area contributed by atoms with Crippen LogP contribution < -0.4 is 4.74 Å². The van der Waals surface area contributed by atoms with Gasteiger partial charge in [0.2, 0.25) is 6.29 Å². The number of hydrogen-bond donors (Lipinski definition) is 0. The summed E-state index contributed by atoms with van der Waals surface area (Å²) in [5.41, 5.74) is 0.854. The fourth-order valence-electron chi connectivity index (χ4n) is 2.79. The second-order valence-corrected chi connectivity index (χ2v) is 6.59. The SMILES string of the molecule is CCCC(=O)OC(CCC)OC(=O)C(C)c1ccc2cc(OC)ccc2c1. The largest absolute Gasteiger partial charge is 0.497 e. The molecule has 2 rings (SSSR count). The van der Waals surface area contributed by atoms with Crippen LogP contribution in [0.25, 0.3) is 10.8 Å². The summed E-state index contributed by atoms with van der Waals surface area (Å²) in [5, 5.41) is 2.06. The lowest BCUT2D eigenvalue weighted by molar-refractivity contribution is -0.189. The van der Waals surface area contributed by atoms with Crippen molar-refractivity contribution in [2.45, 2.75) is 58.7 Å². The first-order chi connectivity index (χ1) is 13.0. The monoisotopic (exact) mass is 372 g/mol. The van der Waals surface area contributed by atoms with Gasteiger partial charge in [-0.05, 0) is 48.2 Å². The fourth-order valence-corrected chi connectivity index (χ4v) is 2.79. The van der Waals surface area contributed by atoms with Crippen LogP contribution in [0.5, 0.6) is 5.75 Å². The number of fused-ring (bicyclic) bond motifs is 1. The molecule has 0 fully saturated rings. The Morgan fingerprint density at radius 3 is 2.33 bits per heavy atom. The maximum absolute atomic E-state index is 12.6. The van der Waals surface area contributed by atoms with E-state index in [-0.39, 0.29) is 5.97 Å². The molecule has 2 atom stereocenters. The van der Waals surface area contributed by atoms with Gasteiger partial charge in [0, 0.05) is 12.8 Å². The number of carbonyl (C=O) groups is 2. The number of carbonyl (C=O) groups excluding carboxylic acids is 2. The molecule has 2 unspecified atom stereocenters. The fraction of sp³-hybridized carbons (Fsp3) is 0.455. The van der Waals surface area contributed by atoms with Gasteiger partial charge in [-0.1, -0.05) is 38.1 Å². The van der Waals surface area contributed by atoms with E-state index < -0.39 is 18.2 Å². The number of ether oxygens (including phenoxy) is 3. The summed E-state index contributed by atoms with van der Waals surface area (Å²) in [6.45, 7) is 5.65. The van der Waals surface area contributed by atoms with Crippen LogP contribution in [0.3, 0.4) is 0 Å². The van der Waals surface area contributed by atoms with E-state index in [2.05, 4.69) is 0 Å². The molecular formula is C22H28O5. The minimum Gasteiger partial charge on any atom is -0.497 e. The molecule has 0 spiro atoms. The summed E-state index contributed by atoms with van der Waals surface area (Å²) in [4.78, 5) is 24.3. The van der Waals surface area contributed by atoms with Gasteiger partial charge in [-0.15, -0.1) is 0 Å². The molecule has 5 heteroatoms. The van der Waals surface area contributed by atoms with Crippen LogP contribution in [0, 0.1) is 0 Å². The van der Waals surface area contributed by atoms with E-state index in [0.29, 0.717) is 19.3 Å². The molecule has 0 amide bonds. The first-order valence-electron chi connectivity index (χ1n) is 9.46. The number of methoxy groups -OCH3 is 1. The Bertz CT molecular complexity index is 783. The highest BCUT2D eigenvalue weighted by Gasteiger charge is 2.23. The van der Waals surface area contributed by atoms with Crippen molar-refractivity contribution in [1.82, 2.24) is 0 Å². The van der Waals surface area contributed by atoms with Crippen molar-refractivity contribution < 1.29 is 23.8 Å². The zero-order valence-corrected chi connectivity index (χ0v) is 16.5. The zero-order valence-electron chi connectivity index (χ0n) is 16.5. The highest BCUT2D eigenvalue weighted by Crippen LogP contribution is 2.26. The van der Waals surface area contributed by atoms with Crippen molar-refractivity contribution >= 4 is 22.7 Å². The molecule has 0 aliphatic heterocycles. The average Bonchev–Trinajstić information content (AvgIpc) is 2.66. The summed E-state index contributed by atoms with van der Waals surface area (Å²) < 4.78 is 16.0. The molecule has 0 bridgehead atoms. The molecule has 0 aliphatic rings. The minimum absolute atomic E-state index is 0.321. The van der Waals surface area contributed by atoms with Gasteiger partial charge >= 0.3 is 11.9 Å². The lowest BCUT2D eigenvalue weighted by Crippen LogP contribution is -2.26. The van der Waals surface area contributed by atoms with Crippen molar-refractivity contribution in [3.63, 3.8) is 0 Å². The second-order valence-electron chi connectivity index (χ2n) is 6.59. The van der Waals surface area contributed by atoms with Gasteiger partial charge in [0.05, 0.1) is 13.0 Å². The summed E-state index contributed by atoms with van der Waals surface area (Å²) >= 11 is 0. The molecule has 0 saturated carbocycles. The highest BCUT2D eigenvalue weighted by atomic mass is 16.7. The van der Waals surface area contributed by atoms with E-state index in [1.807, 2.05) is 50.2 Å². The van der Waals surface area contributed by atoms with Crippen LogP contribution in [0.4, 0.5) is 0 Å². The van der Waals surface area contributed by atoms with Crippen LogP contribution in [-0.2, 0) is 19.1 Å². The number of esters is 2. The maximum Gasteiger partial charge on any atom is 0.316 e. The molecule has 0 heterocycles. The summed E-state index contributed by atoms with van der Waals surface area (Å²) in [6, 6.07) is 11.6. The normalized spacial score (nSPS) is 13.0. The average molecular weight is 372 g/mol. The molecule has 0 aliphatic carbocycles. The van der Waals surface area contributed by atoms with Crippen molar-refractivity contribution in [2.75, 3.05) is 7.11 Å². The first kappa shape index (κ1) is 20.7. The van der Waals surface area contributed by atoms with Crippen molar-refractivity contribution in [3.05, 3.63) is 42.0 Å². The smallest absolute Gasteiger partial charge is 0.316 e. The molecular weight excluding hydrogens is 344 g/mol. The molecule has 0 aromatic heterocycles. The molecule has 27 heavy (non-hydrogen) atoms. The highest BCUT2D eigenvalue weighted by molar-refractivity contribution is 5.86. The lowest BCUT2D eigenvalue weighted by Gasteiger charge is -2.20. The predicted octanol–water partition coefficient (Wildman–Crippen LogP) is 4.96. The third-order valence-corrected chi connectivity index (χ3v) is 4.41. The predicted molar refractivity (Wildman–Crippen MR) is 105 cm³/mol. The van der Waals surface area contributed by atoms with Crippen LogP contribution in [0.2, 0.25) is 0 Å². The Hall–Kier alpha value is -2.56. The molecule has 0 saturated heterocycles. The van der Waals surface area contributed by atoms with Crippen LogP contribution in [-0.4, -0.2) is 25.3 Å². The summed E-state index contributed by atoms with van der Waals surface area (Å²) in [5.74, 6) is -0.401. The summed E-state index contributed by atoms with van der Waals surface area (Å²) in [7, 11) is 1.63. The van der Waals surface area contributed by atoms with E-state index in [9.17, 15) is 9.59 Å². The van der Waals surface area contributed by atoms with Gasteiger partial charge in [0.15, 0.2) is 0 Å². The van der Waals surface area contributed by atoms with E-state index in [0.717, 1.165) is 28.5 Å². The van der Waals surface area contributed by atoms with E-state index in [1.54, 1.807) is 14.0 Å². The van der Waals surface area contributed by atoms with Crippen molar-refractivity contribution in [1.29, 1.82) is 0 Å². The van der Waals surface area contributed by atoms with Crippen molar-refractivity contribution in [2.24, 2.45) is 0 Å². The Kier molecular flexibility index (Phi) is 7.65. The molecule has 2 aromatic carbocycles. The van der Waals surface area contributed by atoms with Gasteiger partial charge in [-0.3, -0.25) is 9.59 Å².